The van der Waals surface area contributed by atoms with Crippen LogP contribution >= 0.6 is 0 Å². The van der Waals surface area contributed by atoms with E-state index in [1.807, 2.05) is 60.7 Å². The number of benzene rings is 7. The first-order chi connectivity index (χ1) is 29.5. The summed E-state index contributed by atoms with van der Waals surface area (Å²) in [5, 5.41) is 9.56. The zero-order valence-corrected chi connectivity index (χ0v) is 33.5. The van der Waals surface area contributed by atoms with Gasteiger partial charge in [0.05, 0.1) is 11.6 Å². The highest BCUT2D eigenvalue weighted by Crippen LogP contribution is 2.60. The van der Waals surface area contributed by atoms with E-state index < -0.39 is 0 Å². The molecule has 0 aliphatic heterocycles. The van der Waals surface area contributed by atoms with Crippen LogP contribution in [0, 0.1) is 29.1 Å². The molecule has 0 saturated heterocycles. The monoisotopic (exact) mass is 772 g/mol. The minimum absolute atomic E-state index is 0.340. The van der Waals surface area contributed by atoms with E-state index in [0.29, 0.717) is 28.5 Å². The molecule has 7 aromatic carbocycles. The molecule has 0 unspecified atom stereocenters. The molecular formula is C56H44N4. The van der Waals surface area contributed by atoms with E-state index in [0.717, 1.165) is 73.4 Å². The van der Waals surface area contributed by atoms with Gasteiger partial charge in [0.1, 0.15) is 0 Å². The van der Waals surface area contributed by atoms with Crippen molar-refractivity contribution in [3.8, 4) is 84.7 Å². The van der Waals surface area contributed by atoms with Crippen LogP contribution in [-0.4, -0.2) is 15.0 Å². The molecule has 8 aromatic rings. The first-order valence-corrected chi connectivity index (χ1v) is 21.4. The number of hydrogen-bond donors (Lipinski definition) is 0. The quantitative estimate of drug-likeness (QED) is 0.154. The molecule has 60 heavy (non-hydrogen) atoms. The molecule has 0 amide bonds. The lowest BCUT2D eigenvalue weighted by atomic mass is 9.48. The number of nitrogens with zero attached hydrogens (tertiary/aromatic N) is 4. The molecule has 4 aliphatic rings. The standard InChI is InChI=1S/C56H44N4/c57-36-37-16-18-42(19-17-37)47-27-46(41-10-4-1-5-11-41)28-49(29-47)50-30-48(43-20-22-52(23-21-43)56-33-38-24-39(34-56)26-40(25-38)35-56)31-51(32-50)55-59-53(44-12-6-2-7-13-44)58-54(60-55)45-14-8-3-9-15-45/h1-23,27-32,38-40H,24-26,33-35H2. The number of nitriles is 1. The van der Waals surface area contributed by atoms with Crippen LogP contribution < -0.4 is 0 Å². The predicted molar refractivity (Wildman–Crippen MR) is 242 cm³/mol. The average molecular weight is 773 g/mol. The van der Waals surface area contributed by atoms with Crippen molar-refractivity contribution >= 4 is 0 Å². The van der Waals surface area contributed by atoms with Crippen molar-refractivity contribution in [2.24, 2.45) is 17.8 Å². The van der Waals surface area contributed by atoms with Crippen LogP contribution in [0.25, 0.3) is 78.7 Å². The van der Waals surface area contributed by atoms with Crippen LogP contribution in [0.1, 0.15) is 49.7 Å². The maximum absolute atomic E-state index is 9.56. The van der Waals surface area contributed by atoms with E-state index in [1.165, 1.54) is 49.7 Å². The summed E-state index contributed by atoms with van der Waals surface area (Å²) in [7, 11) is 0. The molecule has 4 bridgehead atoms. The van der Waals surface area contributed by atoms with E-state index >= 15 is 0 Å². The SMILES string of the molecule is N#Cc1ccc(-c2cc(-c3ccccc3)cc(-c3cc(-c4ccc(C56CC7CC(CC(C7)C5)C6)cc4)cc(-c4nc(-c5ccccc5)nc(-c5ccccc5)n4)c3)c2)cc1. The maximum atomic E-state index is 9.56. The van der Waals surface area contributed by atoms with Gasteiger partial charge in [-0.25, -0.2) is 15.0 Å². The highest BCUT2D eigenvalue weighted by atomic mass is 15.0. The first kappa shape index (κ1) is 36.1. The molecule has 4 nitrogen and oxygen atoms in total. The Balaban J connectivity index is 1.09. The van der Waals surface area contributed by atoms with Crippen LogP contribution in [0.5, 0.6) is 0 Å². The largest absolute Gasteiger partial charge is 0.208 e. The minimum Gasteiger partial charge on any atom is -0.208 e. The van der Waals surface area contributed by atoms with Crippen molar-refractivity contribution in [1.82, 2.24) is 15.0 Å². The molecule has 0 N–H and O–H groups in total. The number of hydrogen-bond acceptors (Lipinski definition) is 4. The van der Waals surface area contributed by atoms with Crippen LogP contribution in [0.4, 0.5) is 0 Å². The van der Waals surface area contributed by atoms with E-state index in [9.17, 15) is 5.26 Å². The third-order valence-corrected chi connectivity index (χ3v) is 13.5. The summed E-state index contributed by atoms with van der Waals surface area (Å²) < 4.78 is 0. The van der Waals surface area contributed by atoms with Crippen molar-refractivity contribution in [3.05, 3.63) is 187 Å². The fourth-order valence-electron chi connectivity index (χ4n) is 11.0. The number of rotatable bonds is 8. The van der Waals surface area contributed by atoms with Gasteiger partial charge in [-0.15, -0.1) is 0 Å². The molecule has 4 saturated carbocycles. The van der Waals surface area contributed by atoms with Gasteiger partial charge in [-0.2, -0.15) is 5.26 Å². The van der Waals surface area contributed by atoms with Crippen LogP contribution in [-0.2, 0) is 5.41 Å². The van der Waals surface area contributed by atoms with Gasteiger partial charge in [0.15, 0.2) is 17.5 Å². The molecule has 1 aromatic heterocycles. The van der Waals surface area contributed by atoms with Gasteiger partial charge in [-0.1, -0.05) is 127 Å². The Morgan fingerprint density at radius 3 is 1.12 bits per heavy atom. The van der Waals surface area contributed by atoms with E-state index in [1.54, 1.807) is 0 Å². The van der Waals surface area contributed by atoms with E-state index in [2.05, 4.69) is 121 Å². The highest BCUT2D eigenvalue weighted by molar-refractivity contribution is 5.86. The molecule has 288 valence electrons. The lowest BCUT2D eigenvalue weighted by Gasteiger charge is -2.57. The topological polar surface area (TPSA) is 62.5 Å². The van der Waals surface area contributed by atoms with Crippen LogP contribution in [0.2, 0.25) is 0 Å². The minimum atomic E-state index is 0.340. The van der Waals surface area contributed by atoms with Gasteiger partial charge in [-0.3, -0.25) is 0 Å². The van der Waals surface area contributed by atoms with Crippen LogP contribution in [0.15, 0.2) is 176 Å². The van der Waals surface area contributed by atoms with Gasteiger partial charge < -0.3 is 0 Å². The fraction of sp³-hybridized carbons (Fsp3) is 0.179. The van der Waals surface area contributed by atoms with Crippen molar-refractivity contribution in [2.75, 3.05) is 0 Å². The van der Waals surface area contributed by atoms with Gasteiger partial charge in [0.2, 0.25) is 0 Å². The summed E-state index contributed by atoms with van der Waals surface area (Å²) in [5.41, 5.74) is 14.2. The summed E-state index contributed by atoms with van der Waals surface area (Å²) >= 11 is 0. The third kappa shape index (κ3) is 6.91. The molecule has 0 radical (unpaired) electrons. The summed E-state index contributed by atoms with van der Waals surface area (Å²) in [5.74, 6) is 4.61. The molecule has 0 atom stereocenters. The van der Waals surface area contributed by atoms with E-state index in [4.69, 9.17) is 15.0 Å². The molecule has 4 aliphatic carbocycles. The maximum Gasteiger partial charge on any atom is 0.164 e. The first-order valence-electron chi connectivity index (χ1n) is 21.4. The number of aromatic nitrogens is 3. The van der Waals surface area contributed by atoms with Crippen molar-refractivity contribution in [2.45, 2.75) is 43.9 Å². The lowest BCUT2D eigenvalue weighted by Crippen LogP contribution is -2.48. The van der Waals surface area contributed by atoms with Crippen molar-refractivity contribution in [3.63, 3.8) is 0 Å². The smallest absolute Gasteiger partial charge is 0.164 e. The van der Waals surface area contributed by atoms with Gasteiger partial charge in [0, 0.05) is 16.7 Å². The molecule has 4 heteroatoms. The summed E-state index contributed by atoms with van der Waals surface area (Å²) in [6.07, 6.45) is 8.39. The Bertz CT molecular complexity index is 2780. The second-order valence-corrected chi connectivity index (χ2v) is 17.5. The Kier molecular flexibility index (Phi) is 9.04. The zero-order chi connectivity index (χ0) is 40.0. The zero-order valence-electron chi connectivity index (χ0n) is 33.5. The van der Waals surface area contributed by atoms with Crippen molar-refractivity contribution < 1.29 is 0 Å². The summed E-state index contributed by atoms with van der Waals surface area (Å²) in [6.45, 7) is 0. The molecule has 4 fully saturated rings. The van der Waals surface area contributed by atoms with Gasteiger partial charge >= 0.3 is 0 Å². The molecular weight excluding hydrogens is 729 g/mol. The highest BCUT2D eigenvalue weighted by Gasteiger charge is 2.51. The Morgan fingerprint density at radius 1 is 0.367 bits per heavy atom. The van der Waals surface area contributed by atoms with Crippen molar-refractivity contribution in [1.29, 1.82) is 5.26 Å². The fourth-order valence-corrected chi connectivity index (χ4v) is 11.0. The normalized spacial score (nSPS) is 20.1. The van der Waals surface area contributed by atoms with E-state index in [-0.39, 0.29) is 0 Å². The Hall–Kier alpha value is -6.96. The van der Waals surface area contributed by atoms with Gasteiger partial charge in [0.25, 0.3) is 0 Å². The van der Waals surface area contributed by atoms with Gasteiger partial charge in [-0.05, 0) is 160 Å². The molecule has 0 spiro atoms. The second kappa shape index (κ2) is 15.0. The summed E-state index contributed by atoms with van der Waals surface area (Å²) in [6, 6.07) is 64.3. The Labute approximate surface area is 352 Å². The molecule has 12 rings (SSSR count). The second-order valence-electron chi connectivity index (χ2n) is 17.5. The summed E-state index contributed by atoms with van der Waals surface area (Å²) in [4.78, 5) is 15.4. The van der Waals surface area contributed by atoms with Crippen LogP contribution in [0.3, 0.4) is 0 Å². The molecule has 1 heterocycles. The average Bonchev–Trinajstić information content (AvgIpc) is 3.31. The lowest BCUT2D eigenvalue weighted by molar-refractivity contribution is -0.00518. The Morgan fingerprint density at radius 2 is 0.700 bits per heavy atom. The predicted octanol–water partition coefficient (Wildman–Crippen LogP) is 13.9. The third-order valence-electron chi connectivity index (χ3n) is 13.5.